The highest BCUT2D eigenvalue weighted by Gasteiger charge is 2.61. The van der Waals surface area contributed by atoms with E-state index in [9.17, 15) is 18.0 Å². The number of alkyl halides is 3. The summed E-state index contributed by atoms with van der Waals surface area (Å²) >= 11 is 0. The number of benzene rings is 1. The van der Waals surface area contributed by atoms with Crippen LogP contribution in [0.25, 0.3) is 0 Å². The Bertz CT molecular complexity index is 803. The van der Waals surface area contributed by atoms with E-state index < -0.39 is 30.6 Å². The van der Waals surface area contributed by atoms with Crippen molar-refractivity contribution in [3.8, 4) is 0 Å². The normalized spacial score (nSPS) is 42.0. The number of hydrogen-bond donors (Lipinski definition) is 2. The second kappa shape index (κ2) is 7.25. The first-order chi connectivity index (χ1) is 14.4. The van der Waals surface area contributed by atoms with Crippen LogP contribution >= 0.6 is 0 Å². The Morgan fingerprint density at radius 2 is 1.97 bits per heavy atom. The van der Waals surface area contributed by atoms with E-state index in [-0.39, 0.29) is 35.5 Å². The number of amides is 1. The SMILES string of the molecule is O=C(NC1CCNCC1(F)F)C1CC2C[C@]3(c4ccccc4)CCC1[C@](CF)(C2)C3. The summed E-state index contributed by atoms with van der Waals surface area (Å²) in [5.74, 6) is -3.34. The minimum atomic E-state index is -2.94. The first-order valence-corrected chi connectivity index (χ1v) is 11.4. The molecular formula is C24H31F3N2O. The van der Waals surface area contributed by atoms with Crippen LogP contribution in [0.5, 0.6) is 0 Å². The van der Waals surface area contributed by atoms with Crippen molar-refractivity contribution >= 4 is 5.91 Å². The second-order valence-corrected chi connectivity index (χ2v) is 10.4. The van der Waals surface area contributed by atoms with E-state index in [4.69, 9.17) is 0 Å². The van der Waals surface area contributed by atoms with Crippen molar-refractivity contribution in [1.82, 2.24) is 10.6 Å². The molecule has 4 aliphatic rings. The summed E-state index contributed by atoms with van der Waals surface area (Å²) in [6.07, 6.45) is 5.25. The summed E-state index contributed by atoms with van der Waals surface area (Å²) < 4.78 is 43.2. The van der Waals surface area contributed by atoms with Crippen LogP contribution in [0.3, 0.4) is 0 Å². The molecule has 3 nitrogen and oxygen atoms in total. The number of halogens is 3. The van der Waals surface area contributed by atoms with Crippen molar-refractivity contribution in [2.45, 2.75) is 62.3 Å². The summed E-state index contributed by atoms with van der Waals surface area (Å²) in [7, 11) is 0. The summed E-state index contributed by atoms with van der Waals surface area (Å²) in [6, 6.07) is 9.32. The third-order valence-electron chi connectivity index (χ3n) is 8.64. The van der Waals surface area contributed by atoms with Crippen molar-refractivity contribution in [3.05, 3.63) is 35.9 Å². The molecule has 1 heterocycles. The van der Waals surface area contributed by atoms with Crippen LogP contribution in [0.4, 0.5) is 13.2 Å². The van der Waals surface area contributed by atoms with Crippen LogP contribution in [0.2, 0.25) is 0 Å². The summed E-state index contributed by atoms with van der Waals surface area (Å²) in [5, 5.41) is 5.38. The minimum absolute atomic E-state index is 0.00369. The molecule has 0 radical (unpaired) electrons. The van der Waals surface area contributed by atoms with Crippen LogP contribution in [0.1, 0.15) is 50.5 Å². The minimum Gasteiger partial charge on any atom is -0.347 e. The van der Waals surface area contributed by atoms with Gasteiger partial charge in [-0.05, 0) is 74.3 Å². The molecule has 3 aliphatic carbocycles. The molecule has 6 atom stereocenters. The fourth-order valence-electron chi connectivity index (χ4n) is 7.49. The molecule has 1 saturated heterocycles. The fourth-order valence-corrected chi connectivity index (χ4v) is 7.49. The van der Waals surface area contributed by atoms with Gasteiger partial charge in [0.1, 0.15) is 0 Å². The molecule has 164 valence electrons. The number of carbonyl (C=O) groups is 1. The van der Waals surface area contributed by atoms with Gasteiger partial charge in [0, 0.05) is 11.3 Å². The summed E-state index contributed by atoms with van der Waals surface area (Å²) in [6.45, 7) is -0.343. The molecule has 1 aliphatic heterocycles. The first-order valence-electron chi connectivity index (χ1n) is 11.4. The molecule has 0 spiro atoms. The van der Waals surface area contributed by atoms with Crippen molar-refractivity contribution in [2.75, 3.05) is 19.8 Å². The Labute approximate surface area is 176 Å². The molecule has 1 aromatic carbocycles. The van der Waals surface area contributed by atoms with E-state index in [0.717, 1.165) is 32.1 Å². The molecule has 4 fully saturated rings. The maximum absolute atomic E-state index is 14.6. The molecule has 5 rings (SSSR count). The molecule has 3 bridgehead atoms. The van der Waals surface area contributed by atoms with Crippen LogP contribution in [0.15, 0.2) is 30.3 Å². The van der Waals surface area contributed by atoms with E-state index in [1.807, 2.05) is 6.07 Å². The monoisotopic (exact) mass is 420 g/mol. The zero-order chi connectivity index (χ0) is 21.0. The van der Waals surface area contributed by atoms with Gasteiger partial charge in [0.25, 0.3) is 5.92 Å². The van der Waals surface area contributed by atoms with Crippen LogP contribution in [-0.2, 0) is 10.2 Å². The van der Waals surface area contributed by atoms with Crippen molar-refractivity contribution in [3.63, 3.8) is 0 Å². The number of rotatable bonds is 4. The Hall–Kier alpha value is -1.56. The molecule has 3 saturated carbocycles. The van der Waals surface area contributed by atoms with Gasteiger partial charge in [-0.2, -0.15) is 0 Å². The topological polar surface area (TPSA) is 41.1 Å². The van der Waals surface area contributed by atoms with Gasteiger partial charge in [0.15, 0.2) is 0 Å². The standard InChI is InChI=1S/C24H31F3N2O/c25-14-23-12-16-10-18(21(30)29-20-7-9-28-15-24(20,26)27)19(23)6-8-22(11-16,13-23)17-4-2-1-3-5-17/h1-5,16,18-20,28H,6-15H2,(H,29,30)/t16?,18?,19?,20?,22-,23-/m1/s1. The number of nitrogens with one attached hydrogen (secondary N) is 2. The molecule has 30 heavy (non-hydrogen) atoms. The Morgan fingerprint density at radius 1 is 1.17 bits per heavy atom. The number of carbonyl (C=O) groups excluding carboxylic acids is 1. The lowest BCUT2D eigenvalue weighted by atomic mass is 9.42. The molecular weight excluding hydrogens is 389 g/mol. The Balaban J connectivity index is 1.40. The van der Waals surface area contributed by atoms with Gasteiger partial charge in [-0.15, -0.1) is 0 Å². The molecule has 0 aromatic heterocycles. The predicted octanol–water partition coefficient (Wildman–Crippen LogP) is 4.22. The average molecular weight is 421 g/mol. The zero-order valence-corrected chi connectivity index (χ0v) is 17.3. The smallest absolute Gasteiger partial charge is 0.280 e. The lowest BCUT2D eigenvalue weighted by Crippen LogP contribution is -2.62. The number of piperidine rings is 1. The molecule has 2 N–H and O–H groups in total. The third-order valence-corrected chi connectivity index (χ3v) is 8.64. The van der Waals surface area contributed by atoms with Gasteiger partial charge in [-0.3, -0.25) is 9.18 Å². The predicted molar refractivity (Wildman–Crippen MR) is 109 cm³/mol. The number of fused-ring (bicyclic) bond motifs is 2. The van der Waals surface area contributed by atoms with Crippen LogP contribution in [0, 0.1) is 23.2 Å². The first kappa shape index (κ1) is 20.3. The zero-order valence-electron chi connectivity index (χ0n) is 17.3. The second-order valence-electron chi connectivity index (χ2n) is 10.4. The highest BCUT2D eigenvalue weighted by atomic mass is 19.3. The van der Waals surface area contributed by atoms with Crippen LogP contribution < -0.4 is 10.6 Å². The van der Waals surface area contributed by atoms with Gasteiger partial charge >= 0.3 is 0 Å². The van der Waals surface area contributed by atoms with E-state index in [2.05, 4.69) is 34.9 Å². The summed E-state index contributed by atoms with van der Waals surface area (Å²) in [4.78, 5) is 13.2. The van der Waals surface area contributed by atoms with E-state index in [1.165, 1.54) is 5.56 Å². The highest BCUT2D eigenvalue weighted by molar-refractivity contribution is 5.80. The fraction of sp³-hybridized carbons (Fsp3) is 0.708. The largest absolute Gasteiger partial charge is 0.347 e. The molecule has 4 unspecified atom stereocenters. The Morgan fingerprint density at radius 3 is 2.70 bits per heavy atom. The van der Waals surface area contributed by atoms with Crippen molar-refractivity contribution in [2.24, 2.45) is 23.2 Å². The van der Waals surface area contributed by atoms with Gasteiger partial charge in [-0.25, -0.2) is 8.78 Å². The average Bonchev–Trinajstić information content (AvgIpc) is 2.74. The summed E-state index contributed by atoms with van der Waals surface area (Å²) in [5.41, 5.74) is 0.799. The maximum atomic E-state index is 14.6. The van der Waals surface area contributed by atoms with Gasteiger partial charge in [-0.1, -0.05) is 30.3 Å². The van der Waals surface area contributed by atoms with E-state index in [1.54, 1.807) is 0 Å². The lowest BCUT2D eigenvalue weighted by Gasteiger charge is -2.62. The highest BCUT2D eigenvalue weighted by Crippen LogP contribution is 2.66. The Kier molecular flexibility index (Phi) is 4.92. The van der Waals surface area contributed by atoms with Crippen molar-refractivity contribution < 1.29 is 18.0 Å². The molecule has 6 heteroatoms. The van der Waals surface area contributed by atoms with E-state index in [0.29, 0.717) is 13.0 Å². The maximum Gasteiger partial charge on any atom is 0.280 e. The lowest BCUT2D eigenvalue weighted by molar-refractivity contribution is -0.152. The van der Waals surface area contributed by atoms with E-state index >= 15 is 0 Å². The van der Waals surface area contributed by atoms with Gasteiger partial charge in [0.05, 0.1) is 19.3 Å². The van der Waals surface area contributed by atoms with Gasteiger partial charge in [0.2, 0.25) is 5.91 Å². The van der Waals surface area contributed by atoms with Crippen LogP contribution in [-0.4, -0.2) is 37.6 Å². The quantitative estimate of drug-likeness (QED) is 0.766. The number of hydrogen-bond acceptors (Lipinski definition) is 2. The van der Waals surface area contributed by atoms with Crippen molar-refractivity contribution in [1.29, 1.82) is 0 Å². The van der Waals surface area contributed by atoms with Gasteiger partial charge < -0.3 is 10.6 Å². The molecule has 1 amide bonds. The third kappa shape index (κ3) is 3.17. The molecule has 1 aromatic rings.